The molecule has 10 heteroatoms. The third-order valence-electron chi connectivity index (χ3n) is 5.71. The highest BCUT2D eigenvalue weighted by Crippen LogP contribution is 2.40. The second kappa shape index (κ2) is 7.97. The molecule has 1 amide bonds. The third kappa shape index (κ3) is 4.28. The second-order valence-corrected chi connectivity index (χ2v) is 8.14. The van der Waals surface area contributed by atoms with Crippen LogP contribution in [0.5, 0.6) is 0 Å². The van der Waals surface area contributed by atoms with Gasteiger partial charge in [-0.05, 0) is 45.7 Å². The van der Waals surface area contributed by atoms with E-state index in [4.69, 9.17) is 4.52 Å². The lowest BCUT2D eigenvalue weighted by Gasteiger charge is -2.32. The van der Waals surface area contributed by atoms with Gasteiger partial charge in [0.25, 0.3) is 5.71 Å². The van der Waals surface area contributed by atoms with Crippen LogP contribution in [0, 0.1) is 20.8 Å². The number of carbonyl (C=O) groups excluding carboxylic acids is 1. The SMILES string of the molecule is Cc1cc(C(F)(F)F)c2c(C3CCCN(C(=O)CCn4nc(C)cc4C)C3)noc2n1. The van der Waals surface area contributed by atoms with Crippen LogP contribution in [0.3, 0.4) is 0 Å². The molecule has 1 unspecified atom stereocenters. The van der Waals surface area contributed by atoms with Gasteiger partial charge in [-0.25, -0.2) is 4.98 Å². The minimum atomic E-state index is -4.55. The van der Waals surface area contributed by atoms with Crippen LogP contribution in [0.2, 0.25) is 0 Å². The molecule has 0 spiro atoms. The molecule has 4 heterocycles. The summed E-state index contributed by atoms with van der Waals surface area (Å²) >= 11 is 0. The number of hydrogen-bond acceptors (Lipinski definition) is 5. The quantitative estimate of drug-likeness (QED) is 0.615. The summed E-state index contributed by atoms with van der Waals surface area (Å²) in [5.41, 5.74) is 1.41. The number of fused-ring (bicyclic) bond motifs is 1. The van der Waals surface area contributed by atoms with Crippen LogP contribution in [0.25, 0.3) is 11.1 Å². The van der Waals surface area contributed by atoms with Crippen LogP contribution < -0.4 is 0 Å². The van der Waals surface area contributed by atoms with E-state index in [1.54, 1.807) is 9.58 Å². The van der Waals surface area contributed by atoms with Crippen molar-refractivity contribution in [1.82, 2.24) is 24.8 Å². The van der Waals surface area contributed by atoms with Crippen molar-refractivity contribution in [3.8, 4) is 0 Å². The fraction of sp³-hybridized carbons (Fsp3) is 0.524. The molecule has 0 aliphatic carbocycles. The number of aryl methyl sites for hydroxylation is 4. The summed E-state index contributed by atoms with van der Waals surface area (Å²) in [5, 5.41) is 8.22. The van der Waals surface area contributed by atoms with Crippen LogP contribution in [0.15, 0.2) is 16.7 Å². The molecule has 1 aliphatic heterocycles. The molecule has 0 bridgehead atoms. The second-order valence-electron chi connectivity index (χ2n) is 8.14. The van der Waals surface area contributed by atoms with Gasteiger partial charge in [0, 0.05) is 43.4 Å². The predicted molar refractivity (Wildman–Crippen MR) is 106 cm³/mol. The number of halogens is 3. The van der Waals surface area contributed by atoms with Crippen molar-refractivity contribution in [3.05, 3.63) is 40.5 Å². The zero-order chi connectivity index (χ0) is 22.3. The molecular formula is C21H24F3N5O2. The van der Waals surface area contributed by atoms with E-state index in [-0.39, 0.29) is 40.7 Å². The monoisotopic (exact) mass is 435 g/mol. The fourth-order valence-corrected chi connectivity index (χ4v) is 4.29. The molecule has 4 rings (SSSR count). The lowest BCUT2D eigenvalue weighted by Crippen LogP contribution is -2.39. The first-order valence-corrected chi connectivity index (χ1v) is 10.3. The molecule has 0 radical (unpaired) electrons. The number of alkyl halides is 3. The molecule has 31 heavy (non-hydrogen) atoms. The number of aromatic nitrogens is 4. The summed E-state index contributed by atoms with van der Waals surface area (Å²) in [6.07, 6.45) is -2.95. The zero-order valence-electron chi connectivity index (χ0n) is 17.7. The van der Waals surface area contributed by atoms with Gasteiger partial charge in [-0.2, -0.15) is 18.3 Å². The van der Waals surface area contributed by atoms with Gasteiger partial charge in [-0.3, -0.25) is 9.48 Å². The van der Waals surface area contributed by atoms with Crippen molar-refractivity contribution in [2.45, 2.75) is 58.7 Å². The average Bonchev–Trinajstić information content (AvgIpc) is 3.27. The van der Waals surface area contributed by atoms with Crippen LogP contribution in [0.4, 0.5) is 13.2 Å². The van der Waals surface area contributed by atoms with Crippen molar-refractivity contribution in [2.24, 2.45) is 0 Å². The smallest absolute Gasteiger partial charge is 0.342 e. The van der Waals surface area contributed by atoms with Crippen LogP contribution in [0.1, 0.15) is 53.5 Å². The van der Waals surface area contributed by atoms with Crippen LogP contribution in [-0.2, 0) is 17.5 Å². The molecule has 0 aromatic carbocycles. The number of likely N-dealkylation sites (tertiary alicyclic amines) is 1. The highest BCUT2D eigenvalue weighted by Gasteiger charge is 2.38. The Kier molecular flexibility index (Phi) is 5.49. The number of amides is 1. The van der Waals surface area contributed by atoms with Crippen LogP contribution >= 0.6 is 0 Å². The lowest BCUT2D eigenvalue weighted by atomic mass is 9.91. The molecule has 1 aliphatic rings. The average molecular weight is 435 g/mol. The Balaban J connectivity index is 1.54. The summed E-state index contributed by atoms with van der Waals surface area (Å²) in [6, 6.07) is 2.97. The molecule has 1 atom stereocenters. The topological polar surface area (TPSA) is 77.0 Å². The first kappa shape index (κ1) is 21.3. The van der Waals surface area contributed by atoms with Crippen molar-refractivity contribution >= 4 is 17.0 Å². The highest BCUT2D eigenvalue weighted by atomic mass is 19.4. The Morgan fingerprint density at radius 1 is 1.23 bits per heavy atom. The minimum absolute atomic E-state index is 0.0462. The van der Waals surface area contributed by atoms with Gasteiger partial charge in [0.15, 0.2) is 0 Å². The van der Waals surface area contributed by atoms with Gasteiger partial charge < -0.3 is 9.42 Å². The van der Waals surface area contributed by atoms with Crippen molar-refractivity contribution in [3.63, 3.8) is 0 Å². The number of nitrogens with zero attached hydrogens (tertiary/aromatic N) is 5. The largest absolute Gasteiger partial charge is 0.417 e. The Labute approximate surface area is 177 Å². The molecule has 1 fully saturated rings. The molecule has 1 saturated heterocycles. The standard InChI is InChI=1S/C21H24F3N5O2/c1-12-10-16(21(22,23)24)18-19(27-31-20(18)25-12)15-5-4-7-28(11-15)17(30)6-8-29-14(3)9-13(2)26-29/h9-10,15H,4-8,11H2,1-3H3. The van der Waals surface area contributed by atoms with Gasteiger partial charge in [-0.1, -0.05) is 5.16 Å². The fourth-order valence-electron chi connectivity index (χ4n) is 4.29. The number of hydrogen-bond donors (Lipinski definition) is 0. The van der Waals surface area contributed by atoms with Gasteiger partial charge in [0.05, 0.1) is 22.3 Å². The normalized spacial score (nSPS) is 17.5. The zero-order valence-corrected chi connectivity index (χ0v) is 17.7. The van der Waals surface area contributed by atoms with Gasteiger partial charge >= 0.3 is 6.18 Å². The first-order valence-electron chi connectivity index (χ1n) is 10.3. The molecule has 3 aromatic rings. The maximum atomic E-state index is 13.7. The summed E-state index contributed by atoms with van der Waals surface area (Å²) < 4.78 is 47.9. The number of rotatable bonds is 4. The molecular weight excluding hydrogens is 411 g/mol. The van der Waals surface area contributed by atoms with E-state index in [2.05, 4.69) is 15.2 Å². The summed E-state index contributed by atoms with van der Waals surface area (Å²) in [6.45, 7) is 6.67. The van der Waals surface area contributed by atoms with E-state index >= 15 is 0 Å². The molecule has 7 nitrogen and oxygen atoms in total. The highest BCUT2D eigenvalue weighted by molar-refractivity contribution is 5.82. The first-order chi connectivity index (χ1) is 14.6. The number of pyridine rings is 1. The van der Waals surface area contributed by atoms with E-state index < -0.39 is 11.7 Å². The molecule has 166 valence electrons. The number of carbonyl (C=O) groups is 1. The lowest BCUT2D eigenvalue weighted by molar-refractivity contribution is -0.136. The van der Waals surface area contributed by atoms with E-state index in [9.17, 15) is 18.0 Å². The van der Waals surface area contributed by atoms with Gasteiger partial charge in [-0.15, -0.1) is 0 Å². The van der Waals surface area contributed by atoms with Crippen LogP contribution in [-0.4, -0.2) is 43.8 Å². The van der Waals surface area contributed by atoms with E-state index in [0.29, 0.717) is 32.5 Å². The Bertz CT molecular complexity index is 1120. The Hall–Kier alpha value is -2.91. The molecule has 0 N–H and O–H groups in total. The number of piperidine rings is 1. The Morgan fingerprint density at radius 2 is 2.00 bits per heavy atom. The van der Waals surface area contributed by atoms with Crippen molar-refractivity contribution in [1.29, 1.82) is 0 Å². The van der Waals surface area contributed by atoms with E-state index in [1.165, 1.54) is 6.92 Å². The third-order valence-corrected chi connectivity index (χ3v) is 5.71. The minimum Gasteiger partial charge on any atom is -0.342 e. The molecule has 0 saturated carbocycles. The maximum Gasteiger partial charge on any atom is 0.417 e. The van der Waals surface area contributed by atoms with Gasteiger partial charge in [0.1, 0.15) is 0 Å². The van der Waals surface area contributed by atoms with Gasteiger partial charge in [0.2, 0.25) is 5.91 Å². The summed E-state index contributed by atoms with van der Waals surface area (Å²) in [4.78, 5) is 18.6. The van der Waals surface area contributed by atoms with E-state index in [1.807, 2.05) is 19.9 Å². The molecule has 3 aromatic heterocycles. The summed E-state index contributed by atoms with van der Waals surface area (Å²) in [7, 11) is 0. The Morgan fingerprint density at radius 3 is 2.68 bits per heavy atom. The van der Waals surface area contributed by atoms with E-state index in [0.717, 1.165) is 17.5 Å². The van der Waals surface area contributed by atoms with Crippen molar-refractivity contribution in [2.75, 3.05) is 13.1 Å². The van der Waals surface area contributed by atoms with Crippen molar-refractivity contribution < 1.29 is 22.5 Å². The summed E-state index contributed by atoms with van der Waals surface area (Å²) in [5.74, 6) is -0.381. The predicted octanol–water partition coefficient (Wildman–Crippen LogP) is 4.16. The maximum absolute atomic E-state index is 13.7.